The molecule has 3 aromatic rings. The zero-order valence-corrected chi connectivity index (χ0v) is 21.7. The number of anilines is 1. The van der Waals surface area contributed by atoms with Crippen LogP contribution in [0, 0.1) is 6.92 Å². The number of thiophene rings is 1. The first-order valence-corrected chi connectivity index (χ1v) is 12.1. The molecule has 0 aliphatic heterocycles. The highest BCUT2D eigenvalue weighted by Gasteiger charge is 2.28. The fourth-order valence-corrected chi connectivity index (χ4v) is 4.57. The molecular weight excluding hydrogens is 517 g/mol. The summed E-state index contributed by atoms with van der Waals surface area (Å²) >= 11 is 13.1. The maximum Gasteiger partial charge on any atom is 0.348 e. The number of amides is 1. The molecule has 0 unspecified atom stereocenters. The summed E-state index contributed by atoms with van der Waals surface area (Å²) in [6.07, 6.45) is 1.15. The molecule has 12 heteroatoms. The Bertz CT molecular complexity index is 1230. The second-order valence-electron chi connectivity index (χ2n) is 7.45. The van der Waals surface area contributed by atoms with E-state index in [1.165, 1.54) is 16.9 Å². The topological polar surface area (TPSA) is 109 Å². The van der Waals surface area contributed by atoms with E-state index in [2.05, 4.69) is 10.4 Å². The van der Waals surface area contributed by atoms with Crippen LogP contribution in [0.4, 0.5) is 5.00 Å². The summed E-state index contributed by atoms with van der Waals surface area (Å²) in [5.74, 6) is -1.54. The second kappa shape index (κ2) is 11.6. The van der Waals surface area contributed by atoms with Gasteiger partial charge in [0.1, 0.15) is 9.88 Å². The van der Waals surface area contributed by atoms with Crippen molar-refractivity contribution in [3.63, 3.8) is 0 Å². The lowest BCUT2D eigenvalue weighted by molar-refractivity contribution is 0.0379. The van der Waals surface area contributed by atoms with Crippen LogP contribution in [0.2, 0.25) is 10.0 Å². The zero-order valence-electron chi connectivity index (χ0n) is 19.4. The maximum atomic E-state index is 12.9. The average molecular weight is 540 g/mol. The molecule has 0 saturated heterocycles. The van der Waals surface area contributed by atoms with Crippen molar-refractivity contribution in [2.75, 3.05) is 11.9 Å². The molecule has 0 radical (unpaired) electrons. The van der Waals surface area contributed by atoms with Crippen LogP contribution < -0.4 is 10.1 Å². The number of nitrogens with one attached hydrogen (secondary N) is 1. The summed E-state index contributed by atoms with van der Waals surface area (Å²) in [6.45, 7) is 6.80. The van der Waals surface area contributed by atoms with Crippen molar-refractivity contribution in [3.05, 3.63) is 62.2 Å². The molecule has 35 heavy (non-hydrogen) atoms. The molecule has 0 fully saturated rings. The van der Waals surface area contributed by atoms with Crippen molar-refractivity contribution in [1.29, 1.82) is 0 Å². The van der Waals surface area contributed by atoms with Gasteiger partial charge in [0, 0.05) is 6.20 Å². The molecule has 0 atom stereocenters. The smallest absolute Gasteiger partial charge is 0.348 e. The molecule has 2 aromatic heterocycles. The minimum atomic E-state index is -0.657. The number of benzene rings is 1. The molecule has 1 N–H and O–H groups in total. The van der Waals surface area contributed by atoms with Gasteiger partial charge in [-0.2, -0.15) is 5.10 Å². The number of carbonyl (C=O) groups excluding carboxylic acids is 3. The van der Waals surface area contributed by atoms with Crippen molar-refractivity contribution in [3.8, 4) is 5.75 Å². The number of nitrogens with zero attached hydrogens (tertiary/aromatic N) is 2. The number of hydrogen-bond acceptors (Lipinski definition) is 8. The molecule has 1 amide bonds. The number of para-hydroxylation sites is 1. The van der Waals surface area contributed by atoms with Gasteiger partial charge >= 0.3 is 11.9 Å². The number of aromatic nitrogens is 2. The Kier molecular flexibility index (Phi) is 8.76. The molecule has 0 saturated carbocycles. The fraction of sp³-hybridized carbons (Fsp3) is 0.304. The zero-order chi connectivity index (χ0) is 25.7. The van der Waals surface area contributed by atoms with Gasteiger partial charge in [0.2, 0.25) is 0 Å². The number of hydrogen-bond donors (Lipinski definition) is 1. The van der Waals surface area contributed by atoms with Crippen molar-refractivity contribution in [2.45, 2.75) is 40.5 Å². The molecule has 1 aromatic carbocycles. The minimum absolute atomic E-state index is 0.0478. The van der Waals surface area contributed by atoms with Gasteiger partial charge in [-0.3, -0.25) is 4.79 Å². The second-order valence-corrected chi connectivity index (χ2v) is 9.29. The van der Waals surface area contributed by atoms with Crippen LogP contribution >= 0.6 is 34.5 Å². The Labute approximate surface area is 215 Å². The van der Waals surface area contributed by atoms with Crippen LogP contribution in [0.5, 0.6) is 5.75 Å². The molecule has 3 rings (SSSR count). The third kappa shape index (κ3) is 6.33. The van der Waals surface area contributed by atoms with E-state index in [0.717, 1.165) is 11.3 Å². The number of esters is 2. The summed E-state index contributed by atoms with van der Waals surface area (Å²) in [5.41, 5.74) is 0.520. The van der Waals surface area contributed by atoms with Gasteiger partial charge in [0.05, 0.1) is 28.3 Å². The predicted octanol–water partition coefficient (Wildman–Crippen LogP) is 5.59. The van der Waals surface area contributed by atoms with E-state index in [9.17, 15) is 14.4 Å². The molecule has 186 valence electrons. The standard InChI is InChI=1S/C23H23Cl2N3O6S/c1-5-32-23(31)19-13(4)17(22(30)34-12(2)3)21(35-19)26-20(29)16-9-10-28(27-16)11-33-18-14(24)7-6-8-15(18)25/h6-10,12H,5,11H2,1-4H3,(H,26,29). The highest BCUT2D eigenvalue weighted by Crippen LogP contribution is 2.35. The predicted molar refractivity (Wildman–Crippen MR) is 133 cm³/mol. The first-order valence-electron chi connectivity index (χ1n) is 10.5. The van der Waals surface area contributed by atoms with Crippen LogP contribution in [-0.2, 0) is 16.2 Å². The van der Waals surface area contributed by atoms with Gasteiger partial charge in [-0.25, -0.2) is 14.3 Å². The van der Waals surface area contributed by atoms with Gasteiger partial charge in [0.25, 0.3) is 5.91 Å². The third-order valence-corrected chi connectivity index (χ3v) is 6.30. The summed E-state index contributed by atoms with van der Waals surface area (Å²) in [6, 6.07) is 6.45. The summed E-state index contributed by atoms with van der Waals surface area (Å²) < 4.78 is 17.4. The van der Waals surface area contributed by atoms with E-state index in [4.69, 9.17) is 37.4 Å². The summed E-state index contributed by atoms with van der Waals surface area (Å²) in [5, 5.41) is 7.69. The van der Waals surface area contributed by atoms with Crippen LogP contribution in [0.3, 0.4) is 0 Å². The van der Waals surface area contributed by atoms with Crippen LogP contribution in [0.25, 0.3) is 0 Å². The first-order chi connectivity index (χ1) is 16.6. The van der Waals surface area contributed by atoms with E-state index < -0.39 is 23.9 Å². The number of rotatable bonds is 9. The lowest BCUT2D eigenvalue weighted by Gasteiger charge is -2.10. The highest BCUT2D eigenvalue weighted by molar-refractivity contribution is 7.18. The molecule has 2 heterocycles. The van der Waals surface area contributed by atoms with Crippen molar-refractivity contribution in [2.24, 2.45) is 0 Å². The van der Waals surface area contributed by atoms with Crippen molar-refractivity contribution < 1.29 is 28.6 Å². The van der Waals surface area contributed by atoms with E-state index in [1.807, 2.05) is 0 Å². The largest absolute Gasteiger partial charge is 0.468 e. The molecule has 0 bridgehead atoms. The fourth-order valence-electron chi connectivity index (χ4n) is 2.98. The van der Waals surface area contributed by atoms with E-state index >= 15 is 0 Å². The van der Waals surface area contributed by atoms with Gasteiger partial charge in [0.15, 0.2) is 18.2 Å². The number of ether oxygens (including phenoxy) is 3. The molecule has 0 aliphatic carbocycles. The average Bonchev–Trinajstić information content (AvgIpc) is 3.38. The van der Waals surface area contributed by atoms with Gasteiger partial charge < -0.3 is 19.5 Å². The maximum absolute atomic E-state index is 12.9. The molecule has 0 aliphatic rings. The van der Waals surface area contributed by atoms with Crippen molar-refractivity contribution >= 4 is 57.4 Å². The Hall–Kier alpha value is -3.08. The summed E-state index contributed by atoms with van der Waals surface area (Å²) in [4.78, 5) is 38.2. The highest BCUT2D eigenvalue weighted by atomic mass is 35.5. The number of halogens is 2. The third-order valence-electron chi connectivity index (χ3n) is 4.51. The van der Waals surface area contributed by atoms with Gasteiger partial charge in [-0.05, 0) is 51.5 Å². The minimum Gasteiger partial charge on any atom is -0.468 e. The monoisotopic (exact) mass is 539 g/mol. The quantitative estimate of drug-likeness (QED) is 0.353. The number of carbonyl (C=O) groups is 3. The summed E-state index contributed by atoms with van der Waals surface area (Å²) in [7, 11) is 0. The lowest BCUT2D eigenvalue weighted by atomic mass is 10.1. The molecular formula is C23H23Cl2N3O6S. The van der Waals surface area contributed by atoms with Crippen LogP contribution in [0.1, 0.15) is 56.9 Å². The Morgan fingerprint density at radius 1 is 1.14 bits per heavy atom. The van der Waals surface area contributed by atoms with Gasteiger partial charge in [-0.15, -0.1) is 11.3 Å². The van der Waals surface area contributed by atoms with Crippen LogP contribution in [0.15, 0.2) is 30.5 Å². The Morgan fingerprint density at radius 3 is 2.46 bits per heavy atom. The Morgan fingerprint density at radius 2 is 1.83 bits per heavy atom. The van der Waals surface area contributed by atoms with Gasteiger partial charge in [-0.1, -0.05) is 29.3 Å². The first kappa shape index (κ1) is 26.5. The SMILES string of the molecule is CCOC(=O)c1sc(NC(=O)c2ccn(COc3c(Cl)cccc3Cl)n2)c(C(=O)OC(C)C)c1C. The van der Waals surface area contributed by atoms with Crippen LogP contribution in [-0.4, -0.2) is 40.3 Å². The molecule has 0 spiro atoms. The van der Waals surface area contributed by atoms with E-state index in [-0.39, 0.29) is 34.5 Å². The van der Waals surface area contributed by atoms with E-state index in [0.29, 0.717) is 21.4 Å². The normalized spacial score (nSPS) is 10.8. The van der Waals surface area contributed by atoms with Crippen molar-refractivity contribution in [1.82, 2.24) is 9.78 Å². The Balaban J connectivity index is 1.80. The van der Waals surface area contributed by atoms with E-state index in [1.54, 1.807) is 45.9 Å². The molecule has 9 nitrogen and oxygen atoms in total. The lowest BCUT2D eigenvalue weighted by Crippen LogP contribution is -2.18.